The van der Waals surface area contributed by atoms with E-state index in [0.717, 1.165) is 29.9 Å². The third-order valence-corrected chi connectivity index (χ3v) is 9.10. The minimum atomic E-state index is -0.433. The van der Waals surface area contributed by atoms with Crippen molar-refractivity contribution >= 4 is 16.9 Å². The number of nitrogens with zero attached hydrogens (tertiary/aromatic N) is 1. The van der Waals surface area contributed by atoms with E-state index in [9.17, 15) is 0 Å². The molecule has 7 rings (SSSR count). The van der Waals surface area contributed by atoms with Gasteiger partial charge in [-0.1, -0.05) is 134 Å². The lowest BCUT2D eigenvalue weighted by Gasteiger charge is -2.35. The van der Waals surface area contributed by atoms with E-state index in [1.54, 1.807) is 0 Å². The largest absolute Gasteiger partial charge is 0.311 e. The van der Waals surface area contributed by atoms with E-state index in [1.165, 1.54) is 44.5 Å². The fourth-order valence-corrected chi connectivity index (χ4v) is 7.16. The Morgan fingerprint density at radius 1 is 0.659 bits per heavy atom. The van der Waals surface area contributed by atoms with E-state index in [-0.39, 0.29) is 0 Å². The normalized spacial score (nSPS) is 15.1. The summed E-state index contributed by atoms with van der Waals surface area (Å²) in [4.78, 5) is 2.39. The lowest BCUT2D eigenvalue weighted by atomic mass is 9.67. The van der Waals surface area contributed by atoms with Crippen LogP contribution in [0.15, 0.2) is 170 Å². The van der Waals surface area contributed by atoms with Crippen molar-refractivity contribution in [2.24, 2.45) is 0 Å². The molecule has 0 bridgehead atoms. The van der Waals surface area contributed by atoms with E-state index >= 15 is 0 Å². The second-order valence-electron chi connectivity index (χ2n) is 11.5. The number of allylic oxidation sites excluding steroid dienone is 7. The van der Waals surface area contributed by atoms with Gasteiger partial charge in [-0.2, -0.15) is 0 Å². The molecule has 5 aromatic carbocycles. The smallest absolute Gasteiger partial charge is 0.0714 e. The molecule has 0 aromatic heterocycles. The molecule has 0 atom stereocenters. The molecule has 1 nitrogen and oxygen atoms in total. The first kappa shape index (κ1) is 27.7. The summed E-state index contributed by atoms with van der Waals surface area (Å²) in [5.74, 6) is 0. The summed E-state index contributed by atoms with van der Waals surface area (Å²) in [5.41, 5.74) is 13.5. The molecule has 0 aliphatic heterocycles. The van der Waals surface area contributed by atoms with Crippen molar-refractivity contribution in [3.63, 3.8) is 0 Å². The standard InChI is InChI=1S/C43H37N/c1-3-16-36(4-2)44(37-27-25-33(26-28-37)32-17-8-5-9-18-32)38-29-30-40-39-23-14-15-24-41(39)43(42(40)31-38,34-19-10-6-11-20-34)35-21-12-7-13-22-35/h3-8,10-17,19-31H,9,18H2,1-2H3/b16-3-,36-4+. The highest BCUT2D eigenvalue weighted by molar-refractivity contribution is 5.88. The van der Waals surface area contributed by atoms with Gasteiger partial charge in [0.05, 0.1) is 5.41 Å². The molecular formula is C43H37N. The lowest BCUT2D eigenvalue weighted by molar-refractivity contribution is 0.768. The maximum absolute atomic E-state index is 2.44. The van der Waals surface area contributed by atoms with Crippen molar-refractivity contribution < 1.29 is 0 Å². The topological polar surface area (TPSA) is 3.24 Å². The van der Waals surface area contributed by atoms with E-state index in [1.807, 2.05) is 0 Å². The van der Waals surface area contributed by atoms with Gasteiger partial charge in [0.2, 0.25) is 0 Å². The zero-order valence-electron chi connectivity index (χ0n) is 25.4. The van der Waals surface area contributed by atoms with Gasteiger partial charge in [0.15, 0.2) is 0 Å². The van der Waals surface area contributed by atoms with Crippen molar-refractivity contribution in [1.82, 2.24) is 0 Å². The molecule has 5 aromatic rings. The van der Waals surface area contributed by atoms with Crippen molar-refractivity contribution in [3.8, 4) is 11.1 Å². The summed E-state index contributed by atoms with van der Waals surface area (Å²) in [6.45, 7) is 4.21. The minimum Gasteiger partial charge on any atom is -0.311 e. The van der Waals surface area contributed by atoms with Crippen LogP contribution in [0, 0.1) is 0 Å². The van der Waals surface area contributed by atoms with Gasteiger partial charge in [-0.05, 0) is 102 Å². The van der Waals surface area contributed by atoms with Gasteiger partial charge in [0.25, 0.3) is 0 Å². The molecule has 0 spiro atoms. The van der Waals surface area contributed by atoms with E-state index < -0.39 is 5.41 Å². The Bertz CT molecular complexity index is 1860. The first-order chi connectivity index (χ1) is 21.8. The number of fused-ring (bicyclic) bond motifs is 3. The molecule has 214 valence electrons. The summed E-state index contributed by atoms with van der Waals surface area (Å²) >= 11 is 0. The first-order valence-electron chi connectivity index (χ1n) is 15.7. The fraction of sp³-hybridized carbons (Fsp3) is 0.116. The van der Waals surface area contributed by atoms with Crippen LogP contribution in [0.2, 0.25) is 0 Å². The highest BCUT2D eigenvalue weighted by Crippen LogP contribution is 2.57. The predicted octanol–water partition coefficient (Wildman–Crippen LogP) is 11.4. The maximum Gasteiger partial charge on any atom is 0.0714 e. The van der Waals surface area contributed by atoms with Gasteiger partial charge in [-0.15, -0.1) is 0 Å². The molecule has 1 heteroatoms. The van der Waals surface area contributed by atoms with Crippen LogP contribution in [0.3, 0.4) is 0 Å². The third kappa shape index (κ3) is 4.57. The second-order valence-corrected chi connectivity index (χ2v) is 11.5. The molecular weight excluding hydrogens is 530 g/mol. The van der Waals surface area contributed by atoms with Crippen LogP contribution in [0.5, 0.6) is 0 Å². The molecule has 0 saturated carbocycles. The highest BCUT2D eigenvalue weighted by Gasteiger charge is 2.46. The molecule has 2 aliphatic carbocycles. The van der Waals surface area contributed by atoms with Gasteiger partial charge < -0.3 is 4.90 Å². The van der Waals surface area contributed by atoms with Gasteiger partial charge in [-0.25, -0.2) is 0 Å². The van der Waals surface area contributed by atoms with Crippen LogP contribution in [-0.4, -0.2) is 0 Å². The van der Waals surface area contributed by atoms with Gasteiger partial charge in [-0.3, -0.25) is 0 Å². The van der Waals surface area contributed by atoms with Crippen molar-refractivity contribution in [3.05, 3.63) is 197 Å². The summed E-state index contributed by atoms with van der Waals surface area (Å²) < 4.78 is 0. The molecule has 0 fully saturated rings. The van der Waals surface area contributed by atoms with Crippen LogP contribution in [0.1, 0.15) is 54.5 Å². The molecule has 0 unspecified atom stereocenters. The number of rotatable bonds is 7. The predicted molar refractivity (Wildman–Crippen MR) is 187 cm³/mol. The SMILES string of the molecule is C/C=C\C(=C/C)N(c1ccc(C2=CC=CCC2)cc1)c1ccc2c(c1)C(c1ccccc1)(c1ccccc1)c1ccccc1-2. The van der Waals surface area contributed by atoms with Crippen LogP contribution in [-0.2, 0) is 5.41 Å². The highest BCUT2D eigenvalue weighted by atomic mass is 15.1. The van der Waals surface area contributed by atoms with Crippen LogP contribution in [0.4, 0.5) is 11.4 Å². The lowest BCUT2D eigenvalue weighted by Crippen LogP contribution is -2.28. The van der Waals surface area contributed by atoms with Crippen LogP contribution in [0.25, 0.3) is 16.7 Å². The quantitative estimate of drug-likeness (QED) is 0.173. The summed E-state index contributed by atoms with van der Waals surface area (Å²) in [7, 11) is 0. The van der Waals surface area contributed by atoms with Crippen LogP contribution < -0.4 is 4.90 Å². The Labute approximate surface area is 261 Å². The molecule has 0 amide bonds. The number of hydrogen-bond donors (Lipinski definition) is 0. The molecule has 0 heterocycles. The summed E-state index contributed by atoms with van der Waals surface area (Å²) in [6.07, 6.45) is 15.4. The van der Waals surface area contributed by atoms with Gasteiger partial charge in [0, 0.05) is 17.1 Å². The van der Waals surface area contributed by atoms with Crippen LogP contribution >= 0.6 is 0 Å². The van der Waals surface area contributed by atoms with Gasteiger partial charge >= 0.3 is 0 Å². The van der Waals surface area contributed by atoms with Crippen molar-refractivity contribution in [1.29, 1.82) is 0 Å². The Kier molecular flexibility index (Phi) is 7.46. The Morgan fingerprint density at radius 3 is 1.93 bits per heavy atom. The zero-order chi connectivity index (χ0) is 29.9. The van der Waals surface area contributed by atoms with Gasteiger partial charge in [0.1, 0.15) is 0 Å². The Hall–Kier alpha value is -5.14. The summed E-state index contributed by atoms with van der Waals surface area (Å²) in [6, 6.07) is 47.1. The molecule has 0 saturated heterocycles. The van der Waals surface area contributed by atoms with Crippen molar-refractivity contribution in [2.75, 3.05) is 4.90 Å². The Morgan fingerprint density at radius 2 is 1.30 bits per heavy atom. The molecule has 2 aliphatic rings. The van der Waals surface area contributed by atoms with E-state index in [2.05, 4.69) is 183 Å². The monoisotopic (exact) mass is 567 g/mol. The first-order valence-corrected chi connectivity index (χ1v) is 15.7. The molecule has 44 heavy (non-hydrogen) atoms. The zero-order valence-corrected chi connectivity index (χ0v) is 25.4. The molecule has 0 radical (unpaired) electrons. The number of benzene rings is 5. The average molecular weight is 568 g/mol. The fourth-order valence-electron chi connectivity index (χ4n) is 7.16. The second kappa shape index (κ2) is 11.9. The van der Waals surface area contributed by atoms with E-state index in [4.69, 9.17) is 0 Å². The maximum atomic E-state index is 2.44. The number of hydrogen-bond acceptors (Lipinski definition) is 1. The van der Waals surface area contributed by atoms with Crippen molar-refractivity contribution in [2.45, 2.75) is 32.1 Å². The average Bonchev–Trinajstić information content (AvgIpc) is 3.40. The third-order valence-electron chi connectivity index (χ3n) is 9.10. The minimum absolute atomic E-state index is 0.433. The Balaban J connectivity index is 1.46. The summed E-state index contributed by atoms with van der Waals surface area (Å²) in [5, 5.41) is 0. The van der Waals surface area contributed by atoms with E-state index in [0.29, 0.717) is 0 Å². The number of anilines is 2. The molecule has 0 N–H and O–H groups in total.